The quantitative estimate of drug-likeness (QED) is 0.929. The molecule has 2 rings (SSSR count). The molecule has 4 nitrogen and oxygen atoms in total. The molecule has 0 amide bonds. The number of hydrogen-bond acceptors (Lipinski definition) is 4. The molecule has 1 aromatic heterocycles. The second kappa shape index (κ2) is 5.88. The van der Waals surface area contributed by atoms with Crippen molar-refractivity contribution in [3.63, 3.8) is 0 Å². The molecule has 19 heavy (non-hydrogen) atoms. The molecule has 0 saturated carbocycles. The van der Waals surface area contributed by atoms with E-state index in [1.807, 2.05) is 6.92 Å². The lowest BCUT2D eigenvalue weighted by molar-refractivity contribution is 0.323. The smallest absolute Gasteiger partial charge is 0.240 e. The first-order chi connectivity index (χ1) is 9.10. The highest BCUT2D eigenvalue weighted by atomic mass is 79.9. The van der Waals surface area contributed by atoms with Crippen LogP contribution in [-0.4, -0.2) is 11.6 Å². The van der Waals surface area contributed by atoms with Crippen molar-refractivity contribution in [2.45, 2.75) is 6.92 Å². The Hall–Kier alpha value is -1.82. The number of aromatic nitrogens is 1. The highest BCUT2D eigenvalue weighted by molar-refractivity contribution is 9.10. The highest BCUT2D eigenvalue weighted by Gasteiger charge is 2.08. The molecule has 0 bridgehead atoms. The minimum Gasteiger partial charge on any atom is -0.476 e. The molecule has 0 unspecified atom stereocenters. The van der Waals surface area contributed by atoms with Crippen LogP contribution in [0.2, 0.25) is 0 Å². The Morgan fingerprint density at radius 3 is 2.84 bits per heavy atom. The summed E-state index contributed by atoms with van der Waals surface area (Å²) in [5.74, 6) is 0.523. The van der Waals surface area contributed by atoms with Gasteiger partial charge in [0, 0.05) is 12.1 Å². The zero-order valence-electron chi connectivity index (χ0n) is 10.2. The van der Waals surface area contributed by atoms with Gasteiger partial charge in [-0.3, -0.25) is 0 Å². The third-order valence-electron chi connectivity index (χ3n) is 2.25. The van der Waals surface area contributed by atoms with Crippen molar-refractivity contribution in [3.8, 4) is 17.5 Å². The SMILES string of the molecule is CCOc1nc(Oc2cc(F)ccc2Br)ccc1N. The Morgan fingerprint density at radius 2 is 2.11 bits per heavy atom. The third kappa shape index (κ3) is 3.35. The van der Waals surface area contributed by atoms with Crippen molar-refractivity contribution in [2.24, 2.45) is 0 Å². The van der Waals surface area contributed by atoms with Gasteiger partial charge in [-0.15, -0.1) is 0 Å². The summed E-state index contributed by atoms with van der Waals surface area (Å²) in [5, 5.41) is 0. The zero-order chi connectivity index (χ0) is 13.8. The standard InChI is InChI=1S/C13H12BrFN2O2/c1-2-18-13-10(16)5-6-12(17-13)19-11-7-8(15)3-4-9(11)14/h3-7H,2,16H2,1H3. The van der Waals surface area contributed by atoms with E-state index in [1.165, 1.54) is 12.1 Å². The predicted molar refractivity (Wildman–Crippen MR) is 74.0 cm³/mol. The molecule has 0 saturated heterocycles. The van der Waals surface area contributed by atoms with Gasteiger partial charge in [-0.25, -0.2) is 4.39 Å². The topological polar surface area (TPSA) is 57.4 Å². The molecule has 6 heteroatoms. The van der Waals surface area contributed by atoms with E-state index in [2.05, 4.69) is 20.9 Å². The number of nitrogens with zero attached hydrogens (tertiary/aromatic N) is 1. The summed E-state index contributed by atoms with van der Waals surface area (Å²) in [6.07, 6.45) is 0. The molecule has 0 aliphatic rings. The van der Waals surface area contributed by atoms with Gasteiger partial charge < -0.3 is 15.2 Å². The normalized spacial score (nSPS) is 10.3. The highest BCUT2D eigenvalue weighted by Crippen LogP contribution is 2.31. The molecule has 0 fully saturated rings. The summed E-state index contributed by atoms with van der Waals surface area (Å²) >= 11 is 3.28. The van der Waals surface area contributed by atoms with Crippen molar-refractivity contribution in [1.82, 2.24) is 4.98 Å². The lowest BCUT2D eigenvalue weighted by atomic mass is 10.3. The fraction of sp³-hybridized carbons (Fsp3) is 0.154. The van der Waals surface area contributed by atoms with Crippen LogP contribution in [0.4, 0.5) is 10.1 Å². The van der Waals surface area contributed by atoms with Crippen molar-refractivity contribution in [2.75, 3.05) is 12.3 Å². The van der Waals surface area contributed by atoms with Crippen molar-refractivity contribution in [3.05, 3.63) is 40.6 Å². The Bertz CT molecular complexity index is 593. The molecule has 0 spiro atoms. The number of hydrogen-bond donors (Lipinski definition) is 1. The maximum absolute atomic E-state index is 13.1. The first-order valence-electron chi connectivity index (χ1n) is 5.62. The Kier molecular flexibility index (Phi) is 4.21. The van der Waals surface area contributed by atoms with E-state index in [-0.39, 0.29) is 5.88 Å². The average molecular weight is 327 g/mol. The van der Waals surface area contributed by atoms with Crippen LogP contribution in [0.1, 0.15) is 6.92 Å². The van der Waals surface area contributed by atoms with Crippen LogP contribution in [0.3, 0.4) is 0 Å². The van der Waals surface area contributed by atoms with Gasteiger partial charge >= 0.3 is 0 Å². The summed E-state index contributed by atoms with van der Waals surface area (Å²) in [7, 11) is 0. The number of nitrogens with two attached hydrogens (primary N) is 1. The summed E-state index contributed by atoms with van der Waals surface area (Å²) < 4.78 is 24.5. The van der Waals surface area contributed by atoms with Gasteiger partial charge in [-0.05, 0) is 41.1 Å². The minimum absolute atomic E-state index is 0.281. The maximum atomic E-state index is 13.1. The number of nitrogen functional groups attached to an aromatic ring is 1. The van der Waals surface area contributed by atoms with Crippen molar-refractivity contribution in [1.29, 1.82) is 0 Å². The molecule has 100 valence electrons. The minimum atomic E-state index is -0.390. The van der Waals surface area contributed by atoms with Crippen LogP contribution in [0.15, 0.2) is 34.8 Å². The van der Waals surface area contributed by atoms with E-state index in [4.69, 9.17) is 15.2 Å². The second-order valence-electron chi connectivity index (χ2n) is 3.65. The Balaban J connectivity index is 2.28. The van der Waals surface area contributed by atoms with Gasteiger partial charge in [-0.1, -0.05) is 0 Å². The molecule has 0 aliphatic heterocycles. The van der Waals surface area contributed by atoms with Crippen LogP contribution >= 0.6 is 15.9 Å². The van der Waals surface area contributed by atoms with E-state index < -0.39 is 5.82 Å². The van der Waals surface area contributed by atoms with Crippen LogP contribution in [0.25, 0.3) is 0 Å². The molecule has 0 aliphatic carbocycles. The third-order valence-corrected chi connectivity index (χ3v) is 2.91. The first-order valence-corrected chi connectivity index (χ1v) is 6.41. The number of benzene rings is 1. The summed E-state index contributed by atoms with van der Waals surface area (Å²) in [4.78, 5) is 4.12. The van der Waals surface area contributed by atoms with E-state index in [0.717, 1.165) is 0 Å². The molecule has 0 radical (unpaired) electrons. The van der Waals surface area contributed by atoms with E-state index in [9.17, 15) is 4.39 Å². The summed E-state index contributed by atoms with van der Waals surface area (Å²) in [5.41, 5.74) is 6.13. The van der Waals surface area contributed by atoms with Gasteiger partial charge in [0.1, 0.15) is 11.6 Å². The molecular weight excluding hydrogens is 315 g/mol. The Morgan fingerprint density at radius 1 is 1.32 bits per heavy atom. The van der Waals surface area contributed by atoms with Gasteiger partial charge in [0.25, 0.3) is 0 Å². The van der Waals surface area contributed by atoms with Crippen molar-refractivity contribution < 1.29 is 13.9 Å². The zero-order valence-corrected chi connectivity index (χ0v) is 11.8. The number of pyridine rings is 1. The van der Waals surface area contributed by atoms with Crippen LogP contribution in [0.5, 0.6) is 17.5 Å². The lowest BCUT2D eigenvalue weighted by Gasteiger charge is -2.10. The number of rotatable bonds is 4. The molecule has 0 atom stereocenters. The molecular formula is C13H12BrFN2O2. The molecule has 2 N–H and O–H groups in total. The maximum Gasteiger partial charge on any atom is 0.240 e. The number of halogens is 2. The number of anilines is 1. The molecule has 1 heterocycles. The molecule has 2 aromatic rings. The predicted octanol–water partition coefficient (Wildman–Crippen LogP) is 3.76. The average Bonchev–Trinajstić information content (AvgIpc) is 2.38. The monoisotopic (exact) mass is 326 g/mol. The Labute approximate surface area is 118 Å². The second-order valence-corrected chi connectivity index (χ2v) is 4.51. The summed E-state index contributed by atoms with van der Waals surface area (Å²) in [6, 6.07) is 7.38. The first kappa shape index (κ1) is 13.6. The van der Waals surface area contributed by atoms with Crippen LogP contribution < -0.4 is 15.2 Å². The van der Waals surface area contributed by atoms with Crippen LogP contribution in [0, 0.1) is 5.82 Å². The lowest BCUT2D eigenvalue weighted by Crippen LogP contribution is -2.00. The van der Waals surface area contributed by atoms with Gasteiger partial charge in [0.05, 0.1) is 16.8 Å². The largest absolute Gasteiger partial charge is 0.476 e. The van der Waals surface area contributed by atoms with Gasteiger partial charge in [-0.2, -0.15) is 4.98 Å². The summed E-state index contributed by atoms with van der Waals surface area (Å²) in [6.45, 7) is 2.28. The fourth-order valence-electron chi connectivity index (χ4n) is 1.41. The van der Waals surface area contributed by atoms with Gasteiger partial charge in [0.2, 0.25) is 11.8 Å². The van der Waals surface area contributed by atoms with E-state index >= 15 is 0 Å². The van der Waals surface area contributed by atoms with E-state index in [1.54, 1.807) is 18.2 Å². The van der Waals surface area contributed by atoms with Crippen molar-refractivity contribution >= 4 is 21.6 Å². The van der Waals surface area contributed by atoms with Crippen LogP contribution in [-0.2, 0) is 0 Å². The number of ether oxygens (including phenoxy) is 2. The fourth-order valence-corrected chi connectivity index (χ4v) is 1.74. The van der Waals surface area contributed by atoms with Gasteiger partial charge in [0.15, 0.2) is 0 Å². The molecule has 1 aromatic carbocycles. The van der Waals surface area contributed by atoms with E-state index in [0.29, 0.717) is 28.4 Å².